The molecule has 0 aliphatic heterocycles. The lowest BCUT2D eigenvalue weighted by atomic mass is 10.0. The fourth-order valence-corrected chi connectivity index (χ4v) is 3.66. The number of benzene rings is 2. The number of hydrogen-bond acceptors (Lipinski definition) is 5. The van der Waals surface area contributed by atoms with Gasteiger partial charge in [-0.1, -0.05) is 6.07 Å². The zero-order valence-corrected chi connectivity index (χ0v) is 16.9. The average Bonchev–Trinajstić information content (AvgIpc) is 3.48. The molecule has 6 nitrogen and oxygen atoms in total. The maximum absolute atomic E-state index is 8.97. The normalized spacial score (nSPS) is 13.2. The Morgan fingerprint density at radius 1 is 1.07 bits per heavy atom. The summed E-state index contributed by atoms with van der Waals surface area (Å²) in [7, 11) is 0. The van der Waals surface area contributed by atoms with E-state index in [0.717, 1.165) is 28.0 Å². The lowest BCUT2D eigenvalue weighted by Gasteiger charge is -2.14. The molecule has 4 aromatic rings. The molecule has 0 amide bonds. The van der Waals surface area contributed by atoms with Crippen molar-refractivity contribution in [2.24, 2.45) is 0 Å². The lowest BCUT2D eigenvalue weighted by molar-refractivity contribution is 0.464. The molecular weight excluding hydrogens is 374 g/mol. The van der Waals surface area contributed by atoms with E-state index in [-0.39, 0.29) is 0 Å². The highest BCUT2D eigenvalue weighted by molar-refractivity contribution is 5.82. The maximum atomic E-state index is 8.97. The van der Waals surface area contributed by atoms with Gasteiger partial charge in [0.05, 0.1) is 17.1 Å². The van der Waals surface area contributed by atoms with E-state index < -0.39 is 0 Å². The highest BCUT2D eigenvalue weighted by Gasteiger charge is 2.26. The summed E-state index contributed by atoms with van der Waals surface area (Å²) in [4.78, 5) is 12.3. The fraction of sp³-hybridized carbons (Fsp3) is 0.208. The van der Waals surface area contributed by atoms with Crippen LogP contribution in [-0.4, -0.2) is 15.0 Å². The van der Waals surface area contributed by atoms with E-state index in [4.69, 9.17) is 10.00 Å². The molecule has 6 heteroatoms. The minimum atomic E-state index is 0.436. The summed E-state index contributed by atoms with van der Waals surface area (Å²) in [6.07, 6.45) is 4.38. The molecule has 148 valence electrons. The number of aryl methyl sites for hydroxylation is 2. The second-order valence-corrected chi connectivity index (χ2v) is 7.76. The summed E-state index contributed by atoms with van der Waals surface area (Å²) in [6, 6.07) is 15.5. The zero-order chi connectivity index (χ0) is 20.7. The molecule has 2 aromatic carbocycles. The summed E-state index contributed by atoms with van der Waals surface area (Å²) in [5, 5.41) is 12.2. The molecule has 0 radical (unpaired) electrons. The number of hydrogen-bond donors (Lipinski definition) is 2. The number of H-pyrrole nitrogens is 1. The van der Waals surface area contributed by atoms with Gasteiger partial charge >= 0.3 is 0 Å². The van der Waals surface area contributed by atoms with Crippen LogP contribution in [0.15, 0.2) is 48.7 Å². The van der Waals surface area contributed by atoms with E-state index in [9.17, 15) is 0 Å². The molecule has 0 bridgehead atoms. The first-order valence-corrected chi connectivity index (χ1v) is 10.0. The van der Waals surface area contributed by atoms with Crippen molar-refractivity contribution in [3.63, 3.8) is 0 Å². The van der Waals surface area contributed by atoms with E-state index in [1.54, 1.807) is 12.1 Å². The van der Waals surface area contributed by atoms with Crippen molar-refractivity contribution in [2.75, 3.05) is 5.32 Å². The van der Waals surface area contributed by atoms with Gasteiger partial charge in [0.2, 0.25) is 11.8 Å². The third kappa shape index (κ3) is 3.46. The predicted octanol–water partition coefficient (Wildman–Crippen LogP) is 5.86. The van der Waals surface area contributed by atoms with Gasteiger partial charge in [0.25, 0.3) is 0 Å². The Bertz CT molecular complexity index is 1280. The van der Waals surface area contributed by atoms with Crippen LogP contribution < -0.4 is 10.1 Å². The van der Waals surface area contributed by atoms with Gasteiger partial charge in [0.15, 0.2) is 0 Å². The Morgan fingerprint density at radius 3 is 2.60 bits per heavy atom. The van der Waals surface area contributed by atoms with Gasteiger partial charge in [0.1, 0.15) is 11.3 Å². The Kier molecular flexibility index (Phi) is 4.36. The molecule has 1 saturated carbocycles. The number of ether oxygens (including phenoxy) is 1. The highest BCUT2D eigenvalue weighted by atomic mass is 16.5. The fourth-order valence-electron chi connectivity index (χ4n) is 3.66. The minimum absolute atomic E-state index is 0.436. The van der Waals surface area contributed by atoms with Crippen molar-refractivity contribution in [1.29, 1.82) is 5.26 Å². The zero-order valence-electron chi connectivity index (χ0n) is 16.9. The van der Waals surface area contributed by atoms with Gasteiger partial charge in [0, 0.05) is 11.9 Å². The van der Waals surface area contributed by atoms with Crippen LogP contribution in [-0.2, 0) is 0 Å². The maximum Gasteiger partial charge on any atom is 0.248 e. The van der Waals surface area contributed by atoms with Crippen molar-refractivity contribution in [2.45, 2.75) is 32.6 Å². The standard InChI is InChI=1S/C24H21N5O/c1-14-12-21(15(2)11-19(14)17-5-6-17)30-23-22-20(9-10-26-22)28-24(29-23)27-18-7-3-16(13-25)4-8-18/h3-4,7-12,17,26H,5-6H2,1-2H3,(H,27,28,29). The molecule has 0 unspecified atom stereocenters. The van der Waals surface area contributed by atoms with Crippen LogP contribution in [0.4, 0.5) is 11.6 Å². The van der Waals surface area contributed by atoms with Crippen molar-refractivity contribution < 1.29 is 4.74 Å². The number of rotatable bonds is 5. The van der Waals surface area contributed by atoms with Crippen LogP contribution in [0.1, 0.15) is 41.0 Å². The van der Waals surface area contributed by atoms with Gasteiger partial charge in [-0.15, -0.1) is 0 Å². The summed E-state index contributed by atoms with van der Waals surface area (Å²) >= 11 is 0. The van der Waals surface area contributed by atoms with Gasteiger partial charge in [-0.2, -0.15) is 10.2 Å². The highest BCUT2D eigenvalue weighted by Crippen LogP contribution is 2.43. The second-order valence-electron chi connectivity index (χ2n) is 7.76. The number of aromatic nitrogens is 3. The number of nitrogens with zero attached hydrogens (tertiary/aromatic N) is 3. The summed E-state index contributed by atoms with van der Waals surface area (Å²) in [5.74, 6) is 2.42. The summed E-state index contributed by atoms with van der Waals surface area (Å²) < 4.78 is 6.27. The smallest absolute Gasteiger partial charge is 0.248 e. The van der Waals surface area contributed by atoms with E-state index in [2.05, 4.69) is 52.3 Å². The Hall–Kier alpha value is -3.85. The average molecular weight is 395 g/mol. The van der Waals surface area contributed by atoms with Crippen LogP contribution in [0.5, 0.6) is 11.6 Å². The number of fused-ring (bicyclic) bond motifs is 1. The van der Waals surface area contributed by atoms with E-state index in [1.807, 2.05) is 24.4 Å². The van der Waals surface area contributed by atoms with Gasteiger partial charge in [-0.05, 0) is 85.7 Å². The van der Waals surface area contributed by atoms with Crippen molar-refractivity contribution >= 4 is 22.7 Å². The molecule has 0 atom stereocenters. The largest absolute Gasteiger partial charge is 0.437 e. The summed E-state index contributed by atoms with van der Waals surface area (Å²) in [6.45, 7) is 4.21. The van der Waals surface area contributed by atoms with Crippen LogP contribution >= 0.6 is 0 Å². The molecule has 30 heavy (non-hydrogen) atoms. The van der Waals surface area contributed by atoms with Gasteiger partial charge in [-0.25, -0.2) is 4.98 Å². The van der Waals surface area contributed by atoms with Crippen molar-refractivity contribution in [1.82, 2.24) is 15.0 Å². The van der Waals surface area contributed by atoms with E-state index >= 15 is 0 Å². The molecule has 5 rings (SSSR count). The summed E-state index contributed by atoms with van der Waals surface area (Å²) in [5.41, 5.74) is 6.70. The third-order valence-electron chi connectivity index (χ3n) is 5.43. The number of anilines is 2. The minimum Gasteiger partial charge on any atom is -0.437 e. The molecule has 1 fully saturated rings. The topological polar surface area (TPSA) is 86.6 Å². The molecule has 2 N–H and O–H groups in total. The van der Waals surface area contributed by atoms with Gasteiger partial charge in [-0.3, -0.25) is 0 Å². The number of nitriles is 1. The quantitative estimate of drug-likeness (QED) is 0.442. The van der Waals surface area contributed by atoms with Crippen LogP contribution in [0.25, 0.3) is 11.0 Å². The van der Waals surface area contributed by atoms with Crippen LogP contribution in [0.3, 0.4) is 0 Å². The predicted molar refractivity (Wildman–Crippen MR) is 116 cm³/mol. The number of nitrogens with one attached hydrogen (secondary N) is 2. The Morgan fingerprint density at radius 2 is 1.87 bits per heavy atom. The first kappa shape index (κ1) is 18.2. The molecule has 2 aromatic heterocycles. The molecule has 2 heterocycles. The number of aromatic amines is 1. The molecule has 0 saturated heterocycles. The first-order valence-electron chi connectivity index (χ1n) is 10.0. The first-order chi connectivity index (χ1) is 14.6. The van der Waals surface area contributed by atoms with Crippen LogP contribution in [0, 0.1) is 25.2 Å². The van der Waals surface area contributed by atoms with E-state index in [1.165, 1.54) is 24.0 Å². The lowest BCUT2D eigenvalue weighted by Crippen LogP contribution is -2.01. The molecule has 1 aliphatic rings. The SMILES string of the molecule is Cc1cc(C2CC2)c(C)cc1Oc1nc(Nc2ccc(C#N)cc2)nc2cc[nH]c12. The Balaban J connectivity index is 1.48. The van der Waals surface area contributed by atoms with Gasteiger partial charge < -0.3 is 15.0 Å². The molecular formula is C24H21N5O. The monoisotopic (exact) mass is 395 g/mol. The van der Waals surface area contributed by atoms with Crippen molar-refractivity contribution in [3.05, 3.63) is 70.9 Å². The van der Waals surface area contributed by atoms with Crippen molar-refractivity contribution in [3.8, 4) is 17.7 Å². The molecule has 1 aliphatic carbocycles. The third-order valence-corrected chi connectivity index (χ3v) is 5.43. The van der Waals surface area contributed by atoms with Crippen LogP contribution in [0.2, 0.25) is 0 Å². The Labute approximate surface area is 174 Å². The van der Waals surface area contributed by atoms with E-state index in [0.29, 0.717) is 23.3 Å². The molecule has 0 spiro atoms. The second kappa shape index (κ2) is 7.20.